The van der Waals surface area contributed by atoms with Crippen LogP contribution in [0.1, 0.15) is 51.5 Å². The van der Waals surface area contributed by atoms with Crippen LogP contribution in [0, 0.1) is 9.49 Å². The molecule has 1 fully saturated rings. The Bertz CT molecular complexity index is 690. The van der Waals surface area contributed by atoms with E-state index in [2.05, 4.69) is 60.3 Å². The van der Waals surface area contributed by atoms with Crippen LogP contribution in [0.2, 0.25) is 5.15 Å². The van der Waals surface area contributed by atoms with E-state index in [-0.39, 0.29) is 5.41 Å². The van der Waals surface area contributed by atoms with Gasteiger partial charge in [-0.05, 0) is 47.1 Å². The van der Waals surface area contributed by atoms with Crippen molar-refractivity contribution in [3.05, 3.63) is 32.3 Å². The Labute approximate surface area is 143 Å². The summed E-state index contributed by atoms with van der Waals surface area (Å²) in [6, 6.07) is 3.99. The zero-order valence-corrected chi connectivity index (χ0v) is 15.5. The second-order valence-electron chi connectivity index (χ2n) is 6.77. The van der Waals surface area contributed by atoms with Crippen LogP contribution >= 0.6 is 34.2 Å². The first kappa shape index (κ1) is 15.3. The molecule has 0 radical (unpaired) electrons. The van der Waals surface area contributed by atoms with E-state index in [9.17, 15) is 0 Å². The third kappa shape index (κ3) is 2.97. The van der Waals surface area contributed by atoms with E-state index in [1.54, 1.807) is 0 Å². The van der Waals surface area contributed by atoms with Crippen molar-refractivity contribution in [3.63, 3.8) is 0 Å². The maximum Gasteiger partial charge on any atom is 0.197 e. The zero-order valence-electron chi connectivity index (χ0n) is 12.6. The third-order valence-electron chi connectivity index (χ3n) is 3.84. The van der Waals surface area contributed by atoms with Gasteiger partial charge in [0.05, 0.1) is 9.26 Å². The maximum atomic E-state index is 6.28. The SMILES string of the molecule is CC1CC1c1ccc(-c2nc(Cl)c(I)c(C(C)(C)C)n2)o1. The number of aromatic nitrogens is 2. The summed E-state index contributed by atoms with van der Waals surface area (Å²) in [7, 11) is 0. The second kappa shape index (κ2) is 5.23. The molecule has 3 nitrogen and oxygen atoms in total. The van der Waals surface area contributed by atoms with Crippen molar-refractivity contribution < 1.29 is 4.42 Å². The van der Waals surface area contributed by atoms with Gasteiger partial charge >= 0.3 is 0 Å². The molecule has 21 heavy (non-hydrogen) atoms. The topological polar surface area (TPSA) is 38.9 Å². The Morgan fingerprint density at radius 2 is 1.95 bits per heavy atom. The normalized spacial score (nSPS) is 21.6. The molecule has 0 spiro atoms. The molecule has 0 amide bonds. The van der Waals surface area contributed by atoms with Crippen molar-refractivity contribution in [3.8, 4) is 11.6 Å². The summed E-state index contributed by atoms with van der Waals surface area (Å²) < 4.78 is 6.85. The van der Waals surface area contributed by atoms with E-state index in [0.717, 1.165) is 20.9 Å². The molecule has 2 aromatic rings. The fourth-order valence-electron chi connectivity index (χ4n) is 2.42. The van der Waals surface area contributed by atoms with Crippen LogP contribution in [-0.4, -0.2) is 9.97 Å². The summed E-state index contributed by atoms with van der Waals surface area (Å²) in [5, 5.41) is 0.489. The number of halogens is 2. The van der Waals surface area contributed by atoms with Crippen LogP contribution in [0.15, 0.2) is 16.5 Å². The van der Waals surface area contributed by atoms with Crippen LogP contribution in [0.3, 0.4) is 0 Å². The largest absolute Gasteiger partial charge is 0.457 e. The van der Waals surface area contributed by atoms with Crippen LogP contribution in [-0.2, 0) is 5.41 Å². The highest BCUT2D eigenvalue weighted by Crippen LogP contribution is 2.48. The van der Waals surface area contributed by atoms with E-state index in [0.29, 0.717) is 22.7 Å². The fourth-order valence-corrected chi connectivity index (χ4v) is 3.64. The lowest BCUT2D eigenvalue weighted by Gasteiger charge is -2.20. The van der Waals surface area contributed by atoms with E-state index in [1.165, 1.54) is 6.42 Å². The highest BCUT2D eigenvalue weighted by molar-refractivity contribution is 14.1. The number of nitrogens with zero attached hydrogens (tertiary/aromatic N) is 2. The van der Waals surface area contributed by atoms with Crippen molar-refractivity contribution in [2.75, 3.05) is 0 Å². The summed E-state index contributed by atoms with van der Waals surface area (Å²) >= 11 is 8.49. The Balaban J connectivity index is 2.02. The summed E-state index contributed by atoms with van der Waals surface area (Å²) in [5.41, 5.74) is 0.869. The molecule has 0 aromatic carbocycles. The van der Waals surface area contributed by atoms with E-state index >= 15 is 0 Å². The third-order valence-corrected chi connectivity index (χ3v) is 5.46. The molecule has 112 valence electrons. The summed E-state index contributed by atoms with van der Waals surface area (Å²) in [6.45, 7) is 8.61. The smallest absolute Gasteiger partial charge is 0.197 e. The van der Waals surface area contributed by atoms with Crippen LogP contribution in [0.4, 0.5) is 0 Å². The molecule has 5 heteroatoms. The molecule has 3 rings (SSSR count). The van der Waals surface area contributed by atoms with Crippen LogP contribution in [0.5, 0.6) is 0 Å². The number of hydrogen-bond acceptors (Lipinski definition) is 3. The Morgan fingerprint density at radius 1 is 1.29 bits per heavy atom. The zero-order chi connectivity index (χ0) is 15.4. The molecule has 1 aliphatic rings. The Hall–Kier alpha value is -0.620. The van der Waals surface area contributed by atoms with Crippen molar-refractivity contribution in [1.82, 2.24) is 9.97 Å². The molecule has 2 aromatic heterocycles. The van der Waals surface area contributed by atoms with Gasteiger partial charge in [-0.1, -0.05) is 39.3 Å². The lowest BCUT2D eigenvalue weighted by molar-refractivity contribution is 0.512. The Kier molecular flexibility index (Phi) is 3.81. The molecule has 0 aliphatic heterocycles. The van der Waals surface area contributed by atoms with E-state index in [1.807, 2.05) is 12.1 Å². The van der Waals surface area contributed by atoms with E-state index in [4.69, 9.17) is 16.0 Å². The van der Waals surface area contributed by atoms with Gasteiger partial charge in [0.1, 0.15) is 10.9 Å². The average Bonchev–Trinajstić information content (AvgIpc) is 2.92. The van der Waals surface area contributed by atoms with Gasteiger partial charge in [0.25, 0.3) is 0 Å². The molecule has 1 aliphatic carbocycles. The highest BCUT2D eigenvalue weighted by Gasteiger charge is 2.37. The van der Waals surface area contributed by atoms with Crippen molar-refractivity contribution in [2.45, 2.75) is 45.4 Å². The Morgan fingerprint density at radius 3 is 2.52 bits per heavy atom. The van der Waals surface area contributed by atoms with E-state index < -0.39 is 0 Å². The molecule has 2 heterocycles. The number of hydrogen-bond donors (Lipinski definition) is 0. The van der Waals surface area contributed by atoms with Gasteiger partial charge in [-0.25, -0.2) is 9.97 Å². The van der Waals surface area contributed by atoms with Crippen molar-refractivity contribution in [2.24, 2.45) is 5.92 Å². The lowest BCUT2D eigenvalue weighted by atomic mass is 9.92. The molecule has 0 bridgehead atoms. The van der Waals surface area contributed by atoms with Gasteiger partial charge in [-0.2, -0.15) is 0 Å². The molecule has 2 unspecified atom stereocenters. The quantitative estimate of drug-likeness (QED) is 0.485. The van der Waals surface area contributed by atoms with Crippen molar-refractivity contribution >= 4 is 34.2 Å². The summed E-state index contributed by atoms with van der Waals surface area (Å²) in [6.07, 6.45) is 1.20. The van der Waals surface area contributed by atoms with Gasteiger partial charge in [-0.3, -0.25) is 0 Å². The van der Waals surface area contributed by atoms with Gasteiger partial charge in [0, 0.05) is 11.3 Å². The van der Waals surface area contributed by atoms with Gasteiger partial charge in [-0.15, -0.1) is 0 Å². The summed E-state index contributed by atoms with van der Waals surface area (Å²) in [4.78, 5) is 9.07. The average molecular weight is 417 g/mol. The molecule has 0 N–H and O–H groups in total. The van der Waals surface area contributed by atoms with Gasteiger partial charge < -0.3 is 4.42 Å². The molecule has 0 saturated heterocycles. The molecular formula is C16H18ClIN2O. The first-order valence-electron chi connectivity index (χ1n) is 7.11. The van der Waals surface area contributed by atoms with Crippen LogP contribution < -0.4 is 0 Å². The molecule has 2 atom stereocenters. The highest BCUT2D eigenvalue weighted by atomic mass is 127. The summed E-state index contributed by atoms with van der Waals surface area (Å²) in [5.74, 6) is 3.58. The first-order valence-corrected chi connectivity index (χ1v) is 8.56. The standard InChI is InChI=1S/C16H18ClIN2O/c1-8-7-9(8)10-5-6-11(21-10)15-19-13(16(2,3)4)12(18)14(17)20-15/h5-6,8-9H,7H2,1-4H3. The van der Waals surface area contributed by atoms with Gasteiger partial charge in [0.15, 0.2) is 11.6 Å². The minimum Gasteiger partial charge on any atom is -0.457 e. The van der Waals surface area contributed by atoms with Crippen molar-refractivity contribution in [1.29, 1.82) is 0 Å². The number of furan rings is 1. The maximum absolute atomic E-state index is 6.28. The molecule has 1 saturated carbocycles. The first-order chi connectivity index (χ1) is 9.77. The predicted molar refractivity (Wildman–Crippen MR) is 92.7 cm³/mol. The van der Waals surface area contributed by atoms with Gasteiger partial charge in [0.2, 0.25) is 0 Å². The minimum absolute atomic E-state index is 0.0850. The monoisotopic (exact) mass is 416 g/mol. The lowest BCUT2D eigenvalue weighted by Crippen LogP contribution is -2.17. The predicted octanol–water partition coefficient (Wildman–Crippen LogP) is 5.42. The van der Waals surface area contributed by atoms with Crippen LogP contribution in [0.25, 0.3) is 11.6 Å². The molecular weight excluding hydrogens is 399 g/mol. The number of rotatable bonds is 2. The fraction of sp³-hybridized carbons (Fsp3) is 0.500. The minimum atomic E-state index is -0.0850. The second-order valence-corrected chi connectivity index (χ2v) is 8.21.